The summed E-state index contributed by atoms with van der Waals surface area (Å²) >= 11 is 9.53. The van der Waals surface area contributed by atoms with Crippen LogP contribution < -0.4 is 5.32 Å². The van der Waals surface area contributed by atoms with Crippen LogP contribution >= 0.6 is 27.5 Å². The Balaban J connectivity index is 1.75. The molecule has 0 unspecified atom stereocenters. The summed E-state index contributed by atoms with van der Waals surface area (Å²) in [6.45, 7) is 0. The molecule has 136 valence electrons. The van der Waals surface area contributed by atoms with Gasteiger partial charge in [0, 0.05) is 33.2 Å². The molecule has 27 heavy (non-hydrogen) atoms. The van der Waals surface area contributed by atoms with Gasteiger partial charge >= 0.3 is 0 Å². The smallest absolute Gasteiger partial charge is 0.126 e. The van der Waals surface area contributed by atoms with Gasteiger partial charge in [-0.1, -0.05) is 70.0 Å². The molecule has 1 heterocycles. The first-order valence-electron chi connectivity index (χ1n) is 8.72. The summed E-state index contributed by atoms with van der Waals surface area (Å²) in [6.07, 6.45) is 0.489. The maximum absolute atomic E-state index is 10.3. The van der Waals surface area contributed by atoms with Crippen molar-refractivity contribution >= 4 is 33.2 Å². The van der Waals surface area contributed by atoms with E-state index in [4.69, 9.17) is 16.6 Å². The van der Waals surface area contributed by atoms with E-state index in [0.717, 1.165) is 26.9 Å². The van der Waals surface area contributed by atoms with Crippen LogP contribution in [-0.2, 0) is 0 Å². The topological polar surface area (TPSA) is 44.6 Å². The molecule has 0 bridgehead atoms. The number of benzene rings is 3. The molecule has 0 spiro atoms. The van der Waals surface area contributed by atoms with Gasteiger partial charge in [0.2, 0.25) is 0 Å². The van der Waals surface area contributed by atoms with E-state index in [9.17, 15) is 5.11 Å². The lowest BCUT2D eigenvalue weighted by Crippen LogP contribution is -2.33. The number of phenols is 1. The van der Waals surface area contributed by atoms with Crippen molar-refractivity contribution in [3.8, 4) is 5.75 Å². The highest BCUT2D eigenvalue weighted by atomic mass is 79.9. The standard InChI is InChI=1S/C22H18BrClN2O/c23-16-9-5-14(6-10-16)19-13-20(18-3-1-2-4-21(18)27)26-22(25-19)15-7-11-17(24)12-8-15/h1-12,20,22,26-27H,13H2/t20-,22+/m1/s1. The lowest BCUT2D eigenvalue weighted by atomic mass is 9.93. The van der Waals surface area contributed by atoms with Crippen LogP contribution in [0.2, 0.25) is 5.02 Å². The van der Waals surface area contributed by atoms with Crippen molar-refractivity contribution in [2.24, 2.45) is 4.99 Å². The monoisotopic (exact) mass is 440 g/mol. The van der Waals surface area contributed by atoms with Crippen LogP contribution in [0.3, 0.4) is 0 Å². The minimum Gasteiger partial charge on any atom is -0.508 e. The summed E-state index contributed by atoms with van der Waals surface area (Å²) in [5.74, 6) is 0.293. The molecule has 0 aromatic heterocycles. The summed E-state index contributed by atoms with van der Waals surface area (Å²) in [5.41, 5.74) is 4.00. The van der Waals surface area contributed by atoms with Gasteiger partial charge in [-0.2, -0.15) is 0 Å². The number of nitrogens with one attached hydrogen (secondary N) is 1. The van der Waals surface area contributed by atoms with Crippen LogP contribution in [0.1, 0.15) is 35.3 Å². The first-order valence-corrected chi connectivity index (χ1v) is 9.89. The van der Waals surface area contributed by atoms with Gasteiger partial charge < -0.3 is 5.11 Å². The van der Waals surface area contributed by atoms with Crippen molar-refractivity contribution in [2.45, 2.75) is 18.6 Å². The fraction of sp³-hybridized carbons (Fsp3) is 0.136. The molecule has 1 aliphatic heterocycles. The van der Waals surface area contributed by atoms with E-state index in [1.807, 2.05) is 54.6 Å². The molecule has 0 amide bonds. The maximum Gasteiger partial charge on any atom is 0.126 e. The molecule has 3 aromatic carbocycles. The summed E-state index contributed by atoms with van der Waals surface area (Å²) in [7, 11) is 0. The number of hydrogen-bond acceptors (Lipinski definition) is 3. The Morgan fingerprint density at radius 2 is 1.67 bits per heavy atom. The summed E-state index contributed by atoms with van der Waals surface area (Å²) in [4.78, 5) is 4.95. The van der Waals surface area contributed by atoms with E-state index in [0.29, 0.717) is 17.2 Å². The maximum atomic E-state index is 10.3. The van der Waals surface area contributed by atoms with Crippen LogP contribution in [0.25, 0.3) is 0 Å². The van der Waals surface area contributed by atoms with Crippen LogP contribution in [-0.4, -0.2) is 10.8 Å². The first kappa shape index (κ1) is 18.2. The van der Waals surface area contributed by atoms with E-state index in [-0.39, 0.29) is 12.2 Å². The minimum absolute atomic E-state index is 0.0389. The molecular weight excluding hydrogens is 424 g/mol. The molecule has 0 aliphatic carbocycles. The van der Waals surface area contributed by atoms with E-state index >= 15 is 0 Å². The molecule has 0 saturated carbocycles. The zero-order chi connectivity index (χ0) is 18.8. The fourth-order valence-electron chi connectivity index (χ4n) is 3.32. The van der Waals surface area contributed by atoms with E-state index in [2.05, 4.69) is 33.4 Å². The van der Waals surface area contributed by atoms with E-state index < -0.39 is 0 Å². The van der Waals surface area contributed by atoms with Crippen molar-refractivity contribution in [1.29, 1.82) is 0 Å². The van der Waals surface area contributed by atoms with Gasteiger partial charge in [-0.15, -0.1) is 0 Å². The van der Waals surface area contributed by atoms with Gasteiger partial charge in [-0.05, 0) is 41.5 Å². The van der Waals surface area contributed by atoms with Crippen molar-refractivity contribution in [2.75, 3.05) is 0 Å². The second-order valence-electron chi connectivity index (χ2n) is 6.52. The lowest BCUT2D eigenvalue weighted by molar-refractivity contribution is 0.413. The third-order valence-electron chi connectivity index (χ3n) is 4.72. The zero-order valence-corrected chi connectivity index (χ0v) is 16.8. The van der Waals surface area contributed by atoms with Gasteiger partial charge in [0.05, 0.1) is 0 Å². The highest BCUT2D eigenvalue weighted by Crippen LogP contribution is 2.34. The van der Waals surface area contributed by atoms with Crippen molar-refractivity contribution in [3.63, 3.8) is 0 Å². The number of halogens is 2. The summed E-state index contributed by atoms with van der Waals surface area (Å²) < 4.78 is 1.03. The Bertz CT molecular complexity index is 970. The number of aromatic hydroxyl groups is 1. The lowest BCUT2D eigenvalue weighted by Gasteiger charge is -2.31. The number of aliphatic imine (C=N–C) groups is 1. The number of nitrogens with zero attached hydrogens (tertiary/aromatic N) is 1. The summed E-state index contributed by atoms with van der Waals surface area (Å²) in [6, 6.07) is 23.3. The Morgan fingerprint density at radius 1 is 0.963 bits per heavy atom. The Kier molecular flexibility index (Phi) is 5.30. The van der Waals surface area contributed by atoms with Gasteiger partial charge in [0.25, 0.3) is 0 Å². The molecule has 0 saturated heterocycles. The van der Waals surface area contributed by atoms with Crippen molar-refractivity contribution < 1.29 is 5.11 Å². The number of phenolic OH excluding ortho intramolecular Hbond substituents is 1. The molecule has 2 N–H and O–H groups in total. The molecule has 4 rings (SSSR count). The predicted molar refractivity (Wildman–Crippen MR) is 113 cm³/mol. The average Bonchev–Trinajstić information content (AvgIpc) is 2.69. The molecule has 0 radical (unpaired) electrons. The molecule has 3 aromatic rings. The van der Waals surface area contributed by atoms with Gasteiger partial charge in [-0.3, -0.25) is 10.3 Å². The highest BCUT2D eigenvalue weighted by Gasteiger charge is 2.27. The largest absolute Gasteiger partial charge is 0.508 e. The van der Waals surface area contributed by atoms with Gasteiger partial charge in [0.1, 0.15) is 11.9 Å². The minimum atomic E-state index is -0.209. The highest BCUT2D eigenvalue weighted by molar-refractivity contribution is 9.10. The Morgan fingerprint density at radius 3 is 2.37 bits per heavy atom. The predicted octanol–water partition coefficient (Wildman–Crippen LogP) is 6.03. The van der Waals surface area contributed by atoms with Crippen LogP contribution in [0.15, 0.2) is 82.3 Å². The summed E-state index contributed by atoms with van der Waals surface area (Å²) in [5, 5.41) is 14.6. The van der Waals surface area contributed by atoms with E-state index in [1.165, 1.54) is 0 Å². The third-order valence-corrected chi connectivity index (χ3v) is 5.50. The molecule has 5 heteroatoms. The average molecular weight is 442 g/mol. The number of hydrogen-bond donors (Lipinski definition) is 2. The number of para-hydroxylation sites is 1. The van der Waals surface area contributed by atoms with Crippen molar-refractivity contribution in [3.05, 3.63) is 99.0 Å². The van der Waals surface area contributed by atoms with Crippen LogP contribution in [0.4, 0.5) is 0 Å². The first-order chi connectivity index (χ1) is 13.1. The molecule has 3 nitrogen and oxygen atoms in total. The molecule has 1 aliphatic rings. The Hall–Kier alpha value is -2.14. The van der Waals surface area contributed by atoms with E-state index in [1.54, 1.807) is 6.07 Å². The molecular formula is C22H18BrClN2O. The Labute approximate surface area is 171 Å². The zero-order valence-electron chi connectivity index (χ0n) is 14.4. The second kappa shape index (κ2) is 7.85. The van der Waals surface area contributed by atoms with Crippen molar-refractivity contribution in [1.82, 2.24) is 5.32 Å². The number of rotatable bonds is 3. The third kappa shape index (κ3) is 4.08. The normalized spacial score (nSPS) is 19.6. The SMILES string of the molecule is Oc1ccccc1[C@H]1CC(c2ccc(Br)cc2)=N[C@H](c2ccc(Cl)cc2)N1. The molecule has 0 fully saturated rings. The van der Waals surface area contributed by atoms with Crippen LogP contribution in [0.5, 0.6) is 5.75 Å². The van der Waals surface area contributed by atoms with Gasteiger partial charge in [-0.25, -0.2) is 0 Å². The molecule has 2 atom stereocenters. The second-order valence-corrected chi connectivity index (χ2v) is 7.87. The fourth-order valence-corrected chi connectivity index (χ4v) is 3.71. The van der Waals surface area contributed by atoms with Gasteiger partial charge in [0.15, 0.2) is 0 Å². The quantitative estimate of drug-likeness (QED) is 0.521. The van der Waals surface area contributed by atoms with Crippen LogP contribution in [0, 0.1) is 0 Å².